The van der Waals surface area contributed by atoms with Gasteiger partial charge in [0, 0.05) is 24.8 Å². The van der Waals surface area contributed by atoms with Gasteiger partial charge < -0.3 is 9.47 Å². The lowest BCUT2D eigenvalue weighted by atomic mass is 9.93. The molecule has 0 spiro atoms. The smallest absolute Gasteiger partial charge is 0.334 e. The predicted octanol–water partition coefficient (Wildman–Crippen LogP) is 4.37. The van der Waals surface area contributed by atoms with Gasteiger partial charge in [0.05, 0.1) is 5.56 Å². The second-order valence-corrected chi connectivity index (χ2v) is 7.32. The SMILES string of the molecule is O=C(Cn1cc(C(F)(F)F)ccc1=O)N(Cc1ccc(F)cc1)C1CCCCC1. The highest BCUT2D eigenvalue weighted by Crippen LogP contribution is 2.28. The summed E-state index contributed by atoms with van der Waals surface area (Å²) < 4.78 is 52.9. The standard InChI is InChI=1S/C21H22F4N2O2/c22-17-9-6-15(7-10-17)12-27(18-4-2-1-3-5-18)20(29)14-26-13-16(21(23,24)25)8-11-19(26)28/h6-11,13,18H,1-5,12,14H2. The molecule has 0 unspecified atom stereocenters. The molecule has 0 aliphatic heterocycles. The van der Waals surface area contributed by atoms with Crippen molar-refractivity contribution in [2.24, 2.45) is 0 Å². The molecule has 4 nitrogen and oxygen atoms in total. The van der Waals surface area contributed by atoms with E-state index < -0.39 is 29.8 Å². The highest BCUT2D eigenvalue weighted by Gasteiger charge is 2.32. The fourth-order valence-corrected chi connectivity index (χ4v) is 3.66. The van der Waals surface area contributed by atoms with Gasteiger partial charge in [-0.05, 0) is 36.6 Å². The van der Waals surface area contributed by atoms with E-state index in [1.54, 1.807) is 17.0 Å². The van der Waals surface area contributed by atoms with Crippen molar-refractivity contribution in [3.63, 3.8) is 0 Å². The van der Waals surface area contributed by atoms with Crippen LogP contribution in [-0.4, -0.2) is 21.4 Å². The molecule has 0 bridgehead atoms. The Morgan fingerprint density at radius 1 is 1.03 bits per heavy atom. The van der Waals surface area contributed by atoms with Gasteiger partial charge in [0.1, 0.15) is 12.4 Å². The summed E-state index contributed by atoms with van der Waals surface area (Å²) in [4.78, 5) is 26.6. The summed E-state index contributed by atoms with van der Waals surface area (Å²) in [7, 11) is 0. The van der Waals surface area contributed by atoms with E-state index in [-0.39, 0.29) is 18.4 Å². The minimum Gasteiger partial charge on any atom is -0.334 e. The Balaban J connectivity index is 1.84. The van der Waals surface area contributed by atoms with Crippen molar-refractivity contribution in [3.05, 3.63) is 69.9 Å². The molecule has 0 atom stereocenters. The third-order valence-corrected chi connectivity index (χ3v) is 5.22. The number of hydrogen-bond acceptors (Lipinski definition) is 2. The molecule has 29 heavy (non-hydrogen) atoms. The molecule has 2 aromatic rings. The number of aromatic nitrogens is 1. The van der Waals surface area contributed by atoms with Gasteiger partial charge in [0.25, 0.3) is 5.56 Å². The van der Waals surface area contributed by atoms with Gasteiger partial charge in [-0.1, -0.05) is 31.4 Å². The van der Waals surface area contributed by atoms with Crippen LogP contribution in [0, 0.1) is 5.82 Å². The highest BCUT2D eigenvalue weighted by atomic mass is 19.4. The van der Waals surface area contributed by atoms with Crippen LogP contribution in [0.25, 0.3) is 0 Å². The van der Waals surface area contributed by atoms with Crippen LogP contribution >= 0.6 is 0 Å². The zero-order chi connectivity index (χ0) is 21.0. The maximum absolute atomic E-state index is 13.2. The van der Waals surface area contributed by atoms with E-state index in [9.17, 15) is 27.2 Å². The minimum atomic E-state index is -4.60. The number of alkyl halides is 3. The van der Waals surface area contributed by atoms with Crippen molar-refractivity contribution in [1.29, 1.82) is 0 Å². The summed E-state index contributed by atoms with van der Waals surface area (Å²) in [6, 6.07) is 7.24. The monoisotopic (exact) mass is 410 g/mol. The van der Waals surface area contributed by atoms with Crippen LogP contribution in [0.2, 0.25) is 0 Å². The van der Waals surface area contributed by atoms with Crippen LogP contribution in [0.15, 0.2) is 47.4 Å². The quantitative estimate of drug-likeness (QED) is 0.687. The largest absolute Gasteiger partial charge is 0.417 e. The van der Waals surface area contributed by atoms with Crippen LogP contribution in [0.1, 0.15) is 43.2 Å². The molecule has 3 rings (SSSR count). The van der Waals surface area contributed by atoms with Gasteiger partial charge in [-0.2, -0.15) is 13.2 Å². The summed E-state index contributed by atoms with van der Waals surface area (Å²) >= 11 is 0. The van der Waals surface area contributed by atoms with Crippen LogP contribution in [-0.2, 0) is 24.1 Å². The zero-order valence-corrected chi connectivity index (χ0v) is 15.8. The number of nitrogens with zero attached hydrogens (tertiary/aromatic N) is 2. The van der Waals surface area contributed by atoms with E-state index in [1.807, 2.05) is 0 Å². The summed E-state index contributed by atoms with van der Waals surface area (Å²) in [5.41, 5.74) is -0.925. The Morgan fingerprint density at radius 2 is 1.69 bits per heavy atom. The van der Waals surface area contributed by atoms with Crippen molar-refractivity contribution >= 4 is 5.91 Å². The molecular weight excluding hydrogens is 388 g/mol. The van der Waals surface area contributed by atoms with Crippen molar-refractivity contribution in [3.8, 4) is 0 Å². The molecule has 1 amide bonds. The lowest BCUT2D eigenvalue weighted by molar-refractivity contribution is -0.139. The molecule has 8 heteroatoms. The molecule has 1 aromatic heterocycles. The van der Waals surface area contributed by atoms with Crippen molar-refractivity contribution in [1.82, 2.24) is 9.47 Å². The first-order chi connectivity index (χ1) is 13.7. The molecule has 156 valence electrons. The molecule has 1 aliphatic rings. The number of hydrogen-bond donors (Lipinski definition) is 0. The third-order valence-electron chi connectivity index (χ3n) is 5.22. The molecule has 1 aromatic carbocycles. The Hall–Kier alpha value is -2.64. The molecule has 0 saturated heterocycles. The Bertz CT molecular complexity index is 900. The average Bonchev–Trinajstić information content (AvgIpc) is 2.69. The molecule has 0 N–H and O–H groups in total. The van der Waals surface area contributed by atoms with E-state index in [0.29, 0.717) is 12.3 Å². The minimum absolute atomic E-state index is 0.0530. The van der Waals surface area contributed by atoms with E-state index in [0.717, 1.165) is 48.3 Å². The van der Waals surface area contributed by atoms with Gasteiger partial charge >= 0.3 is 6.18 Å². The number of amides is 1. The van der Waals surface area contributed by atoms with Crippen LogP contribution in [0.3, 0.4) is 0 Å². The van der Waals surface area contributed by atoms with Gasteiger partial charge in [0.15, 0.2) is 0 Å². The van der Waals surface area contributed by atoms with Gasteiger partial charge in [0.2, 0.25) is 5.91 Å². The van der Waals surface area contributed by atoms with Crippen molar-refractivity contribution in [2.75, 3.05) is 0 Å². The van der Waals surface area contributed by atoms with E-state index >= 15 is 0 Å². The number of carbonyl (C=O) groups excluding carboxylic acids is 1. The molecule has 1 saturated carbocycles. The molecule has 1 heterocycles. The van der Waals surface area contributed by atoms with E-state index in [1.165, 1.54) is 12.1 Å². The average molecular weight is 410 g/mol. The highest BCUT2D eigenvalue weighted by molar-refractivity contribution is 5.76. The predicted molar refractivity (Wildman–Crippen MR) is 99.5 cm³/mol. The first-order valence-electron chi connectivity index (χ1n) is 9.55. The summed E-state index contributed by atoms with van der Waals surface area (Å²) in [6.45, 7) is -0.252. The molecule has 0 radical (unpaired) electrons. The number of pyridine rings is 1. The lowest BCUT2D eigenvalue weighted by Gasteiger charge is -2.34. The van der Waals surface area contributed by atoms with Crippen LogP contribution < -0.4 is 5.56 Å². The maximum Gasteiger partial charge on any atom is 0.417 e. The second-order valence-electron chi connectivity index (χ2n) is 7.32. The number of carbonyl (C=O) groups is 1. The van der Waals surface area contributed by atoms with Crippen LogP contribution in [0.4, 0.5) is 17.6 Å². The van der Waals surface area contributed by atoms with Crippen LogP contribution in [0.5, 0.6) is 0 Å². The first kappa shape index (κ1) is 21.1. The van der Waals surface area contributed by atoms with Gasteiger partial charge in [-0.15, -0.1) is 0 Å². The summed E-state index contributed by atoms with van der Waals surface area (Å²) in [5, 5.41) is 0. The van der Waals surface area contributed by atoms with Gasteiger partial charge in [-0.3, -0.25) is 9.59 Å². The fourth-order valence-electron chi connectivity index (χ4n) is 3.66. The molecular formula is C21H22F4N2O2. The normalized spacial score (nSPS) is 15.3. The first-order valence-corrected chi connectivity index (χ1v) is 9.55. The number of rotatable bonds is 5. The second kappa shape index (κ2) is 8.80. The fraction of sp³-hybridized carbons (Fsp3) is 0.429. The lowest BCUT2D eigenvalue weighted by Crippen LogP contribution is -2.43. The maximum atomic E-state index is 13.2. The Kier molecular flexibility index (Phi) is 6.39. The third kappa shape index (κ3) is 5.46. The number of benzene rings is 1. The zero-order valence-electron chi connectivity index (χ0n) is 15.8. The van der Waals surface area contributed by atoms with Crippen molar-refractivity contribution in [2.45, 2.75) is 57.4 Å². The molecule has 1 aliphatic carbocycles. The Labute approximate surface area is 165 Å². The van der Waals surface area contributed by atoms with E-state index in [2.05, 4.69) is 0 Å². The van der Waals surface area contributed by atoms with E-state index in [4.69, 9.17) is 0 Å². The van der Waals surface area contributed by atoms with Crippen molar-refractivity contribution < 1.29 is 22.4 Å². The number of halogens is 4. The van der Waals surface area contributed by atoms with Gasteiger partial charge in [-0.25, -0.2) is 4.39 Å². The summed E-state index contributed by atoms with van der Waals surface area (Å²) in [5.74, 6) is -0.817. The topological polar surface area (TPSA) is 42.3 Å². The molecule has 1 fully saturated rings. The summed E-state index contributed by atoms with van der Waals surface area (Å²) in [6.07, 6.45) is 0.659. The Morgan fingerprint density at radius 3 is 2.31 bits per heavy atom.